The summed E-state index contributed by atoms with van der Waals surface area (Å²) in [5.41, 5.74) is 2.89. The number of benzene rings is 2. The molecule has 2 heterocycles. The highest BCUT2D eigenvalue weighted by Crippen LogP contribution is 2.44. The minimum absolute atomic E-state index is 0.00325. The van der Waals surface area contributed by atoms with Crippen molar-refractivity contribution in [2.75, 3.05) is 13.7 Å². The zero-order valence-corrected chi connectivity index (χ0v) is 30.9. The van der Waals surface area contributed by atoms with Crippen LogP contribution in [0, 0.1) is 42.1 Å². The van der Waals surface area contributed by atoms with Gasteiger partial charge < -0.3 is 19.2 Å². The van der Waals surface area contributed by atoms with Gasteiger partial charge >= 0.3 is 11.9 Å². The maximum Gasteiger partial charge on any atom is 0.356 e. The van der Waals surface area contributed by atoms with Gasteiger partial charge in [-0.15, -0.1) is 0 Å². The molecule has 8 heteroatoms. The molecule has 4 rings (SSSR count). The predicted octanol–water partition coefficient (Wildman–Crippen LogP) is 11.1. The summed E-state index contributed by atoms with van der Waals surface area (Å²) < 4.78 is 19.3. The smallest absolute Gasteiger partial charge is 0.356 e. The lowest BCUT2D eigenvalue weighted by molar-refractivity contribution is 0.0359. The van der Waals surface area contributed by atoms with Crippen molar-refractivity contribution in [3.8, 4) is 22.9 Å². The summed E-state index contributed by atoms with van der Waals surface area (Å²) >= 11 is 0. The first kappa shape index (κ1) is 37.3. The van der Waals surface area contributed by atoms with Crippen LogP contribution < -0.4 is 4.74 Å². The number of nitrogens with zero attached hydrogens (tertiary/aromatic N) is 2. The molecule has 0 saturated carbocycles. The van der Waals surface area contributed by atoms with Crippen LogP contribution in [0.15, 0.2) is 54.6 Å². The average Bonchev–Trinajstić information content (AvgIpc) is 3.55. The summed E-state index contributed by atoms with van der Waals surface area (Å²) in [6, 6.07) is 16.7. The molecule has 0 aliphatic heterocycles. The van der Waals surface area contributed by atoms with Gasteiger partial charge in [0.1, 0.15) is 17.0 Å². The van der Waals surface area contributed by atoms with Crippen LogP contribution in [0.5, 0.6) is 11.6 Å². The quantitative estimate of drug-likeness (QED) is 0.113. The molecule has 0 spiro atoms. The van der Waals surface area contributed by atoms with Crippen molar-refractivity contribution in [2.45, 2.75) is 88.0 Å². The van der Waals surface area contributed by atoms with Gasteiger partial charge in [0.15, 0.2) is 5.69 Å². The Bertz CT molecular complexity index is 1780. The predicted molar refractivity (Wildman–Crippen MR) is 196 cm³/mol. The molecule has 3 unspecified atom stereocenters. The molecule has 0 radical (unpaired) electrons. The number of methoxy groups -OCH3 is 1. The van der Waals surface area contributed by atoms with E-state index >= 15 is 0 Å². The lowest BCUT2D eigenvalue weighted by atomic mass is 9.76. The van der Waals surface area contributed by atoms with E-state index in [1.807, 2.05) is 49.4 Å². The van der Waals surface area contributed by atoms with E-state index in [2.05, 4.69) is 65.2 Å². The highest BCUT2D eigenvalue weighted by Gasteiger charge is 2.34. The van der Waals surface area contributed by atoms with Crippen LogP contribution in [-0.4, -0.2) is 35.0 Å². The topological polar surface area (TPSA) is 86.4 Å². The molecule has 0 saturated heterocycles. The van der Waals surface area contributed by atoms with Crippen LogP contribution in [-0.2, 0) is 9.47 Å². The number of hydrogen-bond acceptors (Lipinski definition) is 5. The molecule has 0 aliphatic carbocycles. The minimum atomic E-state index is -0.643. The normalized spacial score (nSPS) is 13.8. The van der Waals surface area contributed by atoms with E-state index in [0.717, 1.165) is 31.2 Å². The number of carbonyl (C=O) groups is 2. The van der Waals surface area contributed by atoms with Crippen LogP contribution in [0.3, 0.4) is 0 Å². The number of hydrogen-bond donors (Lipinski definition) is 1. The maximum atomic E-state index is 14.2. The Balaban J connectivity index is 1.80. The summed E-state index contributed by atoms with van der Waals surface area (Å²) in [6.45, 7) is 28.5. The third-order valence-corrected chi connectivity index (χ3v) is 8.95. The van der Waals surface area contributed by atoms with E-state index in [1.165, 1.54) is 7.11 Å². The van der Waals surface area contributed by atoms with Gasteiger partial charge in [-0.2, -0.15) is 0 Å². The fraction of sp³-hybridized carbons (Fsp3) is 0.488. The Morgan fingerprint density at radius 1 is 0.898 bits per heavy atom. The monoisotopic (exact) mass is 667 g/mol. The van der Waals surface area contributed by atoms with Crippen LogP contribution in [0.1, 0.15) is 107 Å². The van der Waals surface area contributed by atoms with Crippen molar-refractivity contribution < 1.29 is 23.8 Å². The van der Waals surface area contributed by atoms with Crippen molar-refractivity contribution in [2.24, 2.45) is 28.6 Å². The summed E-state index contributed by atoms with van der Waals surface area (Å²) in [5.74, 6) is 0.314. The Morgan fingerprint density at radius 2 is 1.53 bits per heavy atom. The molecule has 0 aliphatic rings. The fourth-order valence-electron chi connectivity index (χ4n) is 6.95. The molecule has 2 aromatic heterocycles. The Hall–Kier alpha value is -4.51. The summed E-state index contributed by atoms with van der Waals surface area (Å²) in [6.07, 6.45) is 4.07. The van der Waals surface area contributed by atoms with Crippen LogP contribution in [0.2, 0.25) is 0 Å². The van der Waals surface area contributed by atoms with Gasteiger partial charge in [-0.3, -0.25) is 4.40 Å². The zero-order chi connectivity index (χ0) is 36.1. The van der Waals surface area contributed by atoms with E-state index in [4.69, 9.17) is 20.8 Å². The van der Waals surface area contributed by atoms with Crippen LogP contribution in [0.25, 0.3) is 21.7 Å². The largest absolute Gasteiger partial charge is 0.464 e. The number of ether oxygens (including phenoxy) is 3. The van der Waals surface area contributed by atoms with Crippen molar-refractivity contribution in [1.29, 1.82) is 0 Å². The number of rotatable bonds is 13. The molecule has 0 amide bonds. The number of nitrogens with one attached hydrogen (secondary N) is 1. The standard InChI is InChI=1S/C41H53N3O5/c1-26-18-21-31(22-19-26)49-37-33(42-10)32(36-43-34(39(46)47-11)35(44(36)37)29-15-13-12-14-16-29)38(45)48-25-30(28(3)24-41(7,8)9)20-17-27(2)23-40(4,5)6/h12-16,18-19,21-22,27-28,30,43H,17,20,23-25H2,1-9,11H3. The molecule has 262 valence electrons. The lowest BCUT2D eigenvalue weighted by Crippen LogP contribution is -2.25. The molecule has 3 atom stereocenters. The number of aryl methyl sites for hydroxylation is 1. The van der Waals surface area contributed by atoms with Gasteiger partial charge in [0, 0.05) is 5.56 Å². The first-order valence-corrected chi connectivity index (χ1v) is 17.3. The fourth-order valence-corrected chi connectivity index (χ4v) is 6.95. The number of carbonyl (C=O) groups excluding carboxylic acids is 2. The maximum absolute atomic E-state index is 14.2. The zero-order valence-electron chi connectivity index (χ0n) is 30.9. The van der Waals surface area contributed by atoms with E-state index < -0.39 is 11.9 Å². The molecular formula is C41H53N3O5. The van der Waals surface area contributed by atoms with Gasteiger partial charge in [-0.25, -0.2) is 14.4 Å². The molecule has 4 aromatic rings. The van der Waals surface area contributed by atoms with E-state index in [1.54, 1.807) is 16.5 Å². The second-order valence-corrected chi connectivity index (χ2v) is 16.0. The van der Waals surface area contributed by atoms with Gasteiger partial charge in [-0.1, -0.05) is 110 Å². The third-order valence-electron chi connectivity index (χ3n) is 8.95. The summed E-state index contributed by atoms with van der Waals surface area (Å²) in [5, 5.41) is 0. The van der Waals surface area contributed by atoms with Gasteiger partial charge in [0.2, 0.25) is 5.88 Å². The SMILES string of the molecule is [C-]#[N+]c1c(C(=O)OCC(CCC(C)CC(C)(C)C)C(C)CC(C)(C)C)c2[nH]c(C(=O)OC)c(-c3ccccc3)n2c1Oc1ccc(C)cc1. The lowest BCUT2D eigenvalue weighted by Gasteiger charge is -2.31. The van der Waals surface area contributed by atoms with E-state index in [0.29, 0.717) is 28.8 Å². The second-order valence-electron chi connectivity index (χ2n) is 16.0. The molecular weight excluding hydrogens is 614 g/mol. The first-order valence-electron chi connectivity index (χ1n) is 17.3. The Morgan fingerprint density at radius 3 is 2.10 bits per heavy atom. The number of imidazole rings is 1. The molecule has 0 bridgehead atoms. The second kappa shape index (κ2) is 15.4. The number of H-pyrrole nitrogens is 1. The summed E-state index contributed by atoms with van der Waals surface area (Å²) in [4.78, 5) is 34.3. The first-order chi connectivity index (χ1) is 23.0. The molecule has 1 N–H and O–H groups in total. The van der Waals surface area contributed by atoms with E-state index in [9.17, 15) is 9.59 Å². The minimum Gasteiger partial charge on any atom is -0.464 e. The number of aromatic amines is 1. The molecule has 2 aromatic carbocycles. The van der Waals surface area contributed by atoms with E-state index in [-0.39, 0.29) is 51.8 Å². The molecule has 8 nitrogen and oxygen atoms in total. The third kappa shape index (κ3) is 9.35. The van der Waals surface area contributed by atoms with Crippen molar-refractivity contribution in [1.82, 2.24) is 9.38 Å². The highest BCUT2D eigenvalue weighted by atomic mass is 16.5. The van der Waals surface area contributed by atoms with Crippen LogP contribution >= 0.6 is 0 Å². The number of aromatic nitrogens is 2. The average molecular weight is 668 g/mol. The number of esters is 2. The Labute approximate surface area is 292 Å². The Kier molecular flexibility index (Phi) is 11.7. The highest BCUT2D eigenvalue weighted by molar-refractivity contribution is 6.07. The number of fused-ring (bicyclic) bond motifs is 1. The molecule has 49 heavy (non-hydrogen) atoms. The molecule has 0 fully saturated rings. The van der Waals surface area contributed by atoms with Gasteiger partial charge in [-0.05, 0) is 66.9 Å². The van der Waals surface area contributed by atoms with Crippen LogP contribution in [0.4, 0.5) is 5.69 Å². The van der Waals surface area contributed by atoms with Gasteiger partial charge in [0.25, 0.3) is 5.69 Å². The summed E-state index contributed by atoms with van der Waals surface area (Å²) in [7, 11) is 1.30. The van der Waals surface area contributed by atoms with Gasteiger partial charge in [0.05, 0.1) is 26.0 Å². The van der Waals surface area contributed by atoms with Crippen molar-refractivity contribution >= 4 is 23.3 Å². The van der Waals surface area contributed by atoms with Crippen molar-refractivity contribution in [3.05, 3.63) is 82.8 Å². The van der Waals surface area contributed by atoms with Crippen molar-refractivity contribution in [3.63, 3.8) is 0 Å².